The molecule has 0 bridgehead atoms. The van der Waals surface area contributed by atoms with E-state index in [4.69, 9.17) is 0 Å². The van der Waals surface area contributed by atoms with Crippen LogP contribution in [0.1, 0.15) is 0 Å². The fourth-order valence-corrected chi connectivity index (χ4v) is 0. The van der Waals surface area contributed by atoms with E-state index in [0.29, 0.717) is 0 Å². The molecule has 0 heterocycles. The molecule has 11 heavy (non-hydrogen) atoms. The van der Waals surface area contributed by atoms with Crippen molar-refractivity contribution < 1.29 is 22.3 Å². The summed E-state index contributed by atoms with van der Waals surface area (Å²) in [4.78, 5) is 0. The molecule has 0 amide bonds. The van der Waals surface area contributed by atoms with Crippen molar-refractivity contribution in [3.63, 3.8) is 0 Å². The third-order valence-electron chi connectivity index (χ3n) is 0.268. The van der Waals surface area contributed by atoms with Gasteiger partial charge in [-0.05, 0) is 13.2 Å². The Balaban J connectivity index is -0.000000114. The summed E-state index contributed by atoms with van der Waals surface area (Å²) < 4.78 is 41.1. The van der Waals surface area contributed by atoms with E-state index in [9.17, 15) is 17.6 Å². The largest absolute Gasteiger partial charge is 0.334 e. The minimum absolute atomic E-state index is 0. The quantitative estimate of drug-likeness (QED) is 0.388. The standard InChI is InChI=1S/C4H4.C2F4.FH/c1-3-4-2;3-1(4)2(5)6;/h1-2H2;;1H. The molecule has 64 valence electrons. The van der Waals surface area contributed by atoms with Gasteiger partial charge in [0.05, 0.1) is 0 Å². The van der Waals surface area contributed by atoms with Crippen molar-refractivity contribution in [3.8, 4) is 0 Å². The Labute approximate surface area is 60.2 Å². The second kappa shape index (κ2) is 11.5. The Morgan fingerprint density at radius 2 is 1.00 bits per heavy atom. The van der Waals surface area contributed by atoms with Crippen LogP contribution in [0.4, 0.5) is 22.3 Å². The van der Waals surface area contributed by atoms with Gasteiger partial charge in [0.2, 0.25) is 0 Å². The van der Waals surface area contributed by atoms with E-state index in [-0.39, 0.29) is 4.70 Å². The van der Waals surface area contributed by atoms with Crippen molar-refractivity contribution >= 4 is 0 Å². The van der Waals surface area contributed by atoms with Crippen molar-refractivity contribution in [2.75, 3.05) is 0 Å². The molecular formula is C6H5F5. The normalized spacial score (nSPS) is 5.45. The van der Waals surface area contributed by atoms with E-state index >= 15 is 0 Å². The molecule has 0 fully saturated rings. The Morgan fingerprint density at radius 3 is 1.00 bits per heavy atom. The van der Waals surface area contributed by atoms with Crippen LogP contribution in [-0.2, 0) is 0 Å². The molecule has 0 saturated carbocycles. The molecule has 0 spiro atoms. The number of halogens is 5. The zero-order valence-corrected chi connectivity index (χ0v) is 5.33. The highest BCUT2D eigenvalue weighted by molar-refractivity contribution is 4.77. The molecule has 0 aliphatic carbocycles. The van der Waals surface area contributed by atoms with E-state index < -0.39 is 12.2 Å². The van der Waals surface area contributed by atoms with E-state index in [1.54, 1.807) is 0 Å². The lowest BCUT2D eigenvalue weighted by Crippen LogP contribution is -1.56. The van der Waals surface area contributed by atoms with E-state index in [1.807, 2.05) is 0 Å². The highest BCUT2D eigenvalue weighted by Crippen LogP contribution is 2.08. The first-order chi connectivity index (χ1) is 4.56. The van der Waals surface area contributed by atoms with Crippen molar-refractivity contribution in [1.29, 1.82) is 0 Å². The molecule has 0 aromatic carbocycles. The molecule has 0 aromatic heterocycles. The van der Waals surface area contributed by atoms with Gasteiger partial charge in [-0.3, -0.25) is 4.70 Å². The first kappa shape index (κ1) is 16.3. The first-order valence-electron chi connectivity index (χ1n) is 1.96. The van der Waals surface area contributed by atoms with Crippen molar-refractivity contribution in [2.24, 2.45) is 0 Å². The van der Waals surface area contributed by atoms with Gasteiger partial charge in [0.1, 0.15) is 0 Å². The predicted molar refractivity (Wildman–Crippen MR) is 32.2 cm³/mol. The number of hydrogen-bond acceptors (Lipinski definition) is 0. The van der Waals surface area contributed by atoms with Crippen LogP contribution in [0.25, 0.3) is 0 Å². The van der Waals surface area contributed by atoms with Gasteiger partial charge in [-0.25, -0.2) is 0 Å². The summed E-state index contributed by atoms with van der Waals surface area (Å²) in [7, 11) is 0. The number of rotatable bonds is 0. The molecule has 0 rings (SSSR count). The summed E-state index contributed by atoms with van der Waals surface area (Å²) in [5.74, 6) is 0. The lowest BCUT2D eigenvalue weighted by Gasteiger charge is -1.69. The lowest BCUT2D eigenvalue weighted by atomic mass is 10.9. The van der Waals surface area contributed by atoms with Crippen LogP contribution in [0.3, 0.4) is 0 Å². The molecule has 0 radical (unpaired) electrons. The van der Waals surface area contributed by atoms with Gasteiger partial charge in [-0.15, -0.1) is 0 Å². The topological polar surface area (TPSA) is 0 Å². The van der Waals surface area contributed by atoms with Gasteiger partial charge in [-0.1, -0.05) is 11.5 Å². The van der Waals surface area contributed by atoms with Gasteiger partial charge >= 0.3 is 12.2 Å². The highest BCUT2D eigenvalue weighted by atomic mass is 19.3. The Hall–Kier alpha value is -1.31. The van der Waals surface area contributed by atoms with Crippen LogP contribution in [0.5, 0.6) is 0 Å². The van der Waals surface area contributed by atoms with Gasteiger partial charge in [0.25, 0.3) is 0 Å². The average molecular weight is 172 g/mol. The van der Waals surface area contributed by atoms with Gasteiger partial charge in [-0.2, -0.15) is 17.6 Å². The summed E-state index contributed by atoms with van der Waals surface area (Å²) in [6.45, 7) is 6.36. The lowest BCUT2D eigenvalue weighted by molar-refractivity contribution is 0.308. The monoisotopic (exact) mass is 172 g/mol. The summed E-state index contributed by atoms with van der Waals surface area (Å²) in [6, 6.07) is 0. The minimum Gasteiger partial charge on any atom is -0.269 e. The zero-order valence-electron chi connectivity index (χ0n) is 5.33. The van der Waals surface area contributed by atoms with Gasteiger partial charge in [0, 0.05) is 0 Å². The first-order valence-corrected chi connectivity index (χ1v) is 1.96. The average Bonchev–Trinajstić information content (AvgIpc) is 1.89. The Morgan fingerprint density at radius 1 is 0.818 bits per heavy atom. The van der Waals surface area contributed by atoms with Crippen LogP contribution in [-0.4, -0.2) is 0 Å². The highest BCUT2D eigenvalue weighted by Gasteiger charge is 1.98. The van der Waals surface area contributed by atoms with E-state index in [1.165, 1.54) is 0 Å². The van der Waals surface area contributed by atoms with Gasteiger partial charge in [0.15, 0.2) is 0 Å². The fraction of sp³-hybridized carbons (Fsp3) is 0. The maximum Gasteiger partial charge on any atom is 0.334 e. The van der Waals surface area contributed by atoms with Crippen LogP contribution in [0.15, 0.2) is 36.8 Å². The smallest absolute Gasteiger partial charge is 0.269 e. The molecule has 0 unspecified atom stereocenters. The molecule has 0 aliphatic heterocycles. The molecule has 0 saturated heterocycles. The Kier molecular flexibility index (Phi) is 17.1. The third-order valence-corrected chi connectivity index (χ3v) is 0.268. The SMILES string of the molecule is C=C=C=C.F.FC(F)=C(F)F. The molecule has 0 nitrogen and oxygen atoms in total. The maximum absolute atomic E-state index is 10.3. The zero-order chi connectivity index (χ0) is 8.57. The van der Waals surface area contributed by atoms with Crippen LogP contribution in [0, 0.1) is 0 Å². The second-order valence-corrected chi connectivity index (χ2v) is 0.874. The molecule has 0 atom stereocenters. The Bertz CT molecular complexity index is 155. The number of hydrogen-bond donors (Lipinski definition) is 0. The summed E-state index contributed by atoms with van der Waals surface area (Å²) in [5.41, 5.74) is 4.64. The van der Waals surface area contributed by atoms with Crippen LogP contribution >= 0.6 is 0 Å². The van der Waals surface area contributed by atoms with E-state index in [2.05, 4.69) is 24.6 Å². The van der Waals surface area contributed by atoms with Crippen LogP contribution < -0.4 is 0 Å². The summed E-state index contributed by atoms with van der Waals surface area (Å²) >= 11 is 0. The van der Waals surface area contributed by atoms with Crippen molar-refractivity contribution in [2.45, 2.75) is 0 Å². The molecular weight excluding hydrogens is 167 g/mol. The van der Waals surface area contributed by atoms with Gasteiger partial charge < -0.3 is 0 Å². The maximum atomic E-state index is 10.3. The molecule has 0 aliphatic rings. The summed E-state index contributed by atoms with van der Waals surface area (Å²) in [5, 5.41) is 0. The molecule has 0 aromatic rings. The van der Waals surface area contributed by atoms with Crippen molar-refractivity contribution in [1.82, 2.24) is 0 Å². The molecule has 5 heteroatoms. The molecule has 0 N–H and O–H groups in total. The van der Waals surface area contributed by atoms with Crippen LogP contribution in [0.2, 0.25) is 0 Å². The fourth-order valence-electron chi connectivity index (χ4n) is 0. The van der Waals surface area contributed by atoms with Crippen molar-refractivity contribution in [3.05, 3.63) is 36.8 Å². The minimum atomic E-state index is -2.91. The predicted octanol–water partition coefficient (Wildman–Crippen LogP) is 3.26. The summed E-state index contributed by atoms with van der Waals surface area (Å²) in [6.07, 6.45) is -5.81. The third kappa shape index (κ3) is 28.6. The second-order valence-electron chi connectivity index (χ2n) is 0.874. The van der Waals surface area contributed by atoms with E-state index in [0.717, 1.165) is 0 Å².